The second-order valence-electron chi connectivity index (χ2n) is 6.15. The van der Waals surface area contributed by atoms with Gasteiger partial charge < -0.3 is 9.74 Å². The fraction of sp³-hybridized carbons (Fsp3) is 0.600. The van der Waals surface area contributed by atoms with Crippen molar-refractivity contribution in [3.63, 3.8) is 0 Å². The smallest absolute Gasteiger partial charge is 0.183 e. The van der Waals surface area contributed by atoms with Crippen LogP contribution in [0.25, 0.3) is 0 Å². The molecule has 2 atom stereocenters. The van der Waals surface area contributed by atoms with Crippen molar-refractivity contribution in [2.45, 2.75) is 51.5 Å². The molecular weight excluding hydrogens is 238 g/mol. The number of nitrogens with one attached hydrogen (secondary N) is 1. The number of benzene rings is 1. The summed E-state index contributed by atoms with van der Waals surface area (Å²) in [5.41, 5.74) is 2.97. The first-order chi connectivity index (χ1) is 8.49. The molecule has 2 rings (SSSR count). The standard InChI is InChI=1S/C15H25NOSi/c1-5-15-14-9-7-6-8-12(14)10-13(16-15)11-17-18(2,3)4/h6-9,13,15-16H,5,10-11H2,1-4H3/t13-,15+/m0/s1. The lowest BCUT2D eigenvalue weighted by Crippen LogP contribution is -2.44. The summed E-state index contributed by atoms with van der Waals surface area (Å²) in [7, 11) is -1.40. The molecule has 0 unspecified atom stereocenters. The summed E-state index contributed by atoms with van der Waals surface area (Å²) in [6, 6.07) is 9.77. The highest BCUT2D eigenvalue weighted by molar-refractivity contribution is 6.69. The van der Waals surface area contributed by atoms with Crippen LogP contribution in [0.1, 0.15) is 30.5 Å². The minimum Gasteiger partial charge on any atom is -0.416 e. The van der Waals surface area contributed by atoms with Gasteiger partial charge in [0, 0.05) is 18.7 Å². The van der Waals surface area contributed by atoms with Gasteiger partial charge in [0.05, 0.1) is 0 Å². The van der Waals surface area contributed by atoms with Gasteiger partial charge in [-0.25, -0.2) is 0 Å². The topological polar surface area (TPSA) is 21.3 Å². The number of fused-ring (bicyclic) bond motifs is 1. The zero-order chi connectivity index (χ0) is 13.2. The van der Waals surface area contributed by atoms with E-state index in [0.717, 1.165) is 19.4 Å². The lowest BCUT2D eigenvalue weighted by molar-refractivity contribution is 0.235. The number of hydrogen-bond acceptors (Lipinski definition) is 2. The monoisotopic (exact) mass is 263 g/mol. The average molecular weight is 263 g/mol. The highest BCUT2D eigenvalue weighted by Gasteiger charge is 2.26. The molecule has 0 radical (unpaired) electrons. The van der Waals surface area contributed by atoms with Crippen molar-refractivity contribution in [2.24, 2.45) is 0 Å². The predicted molar refractivity (Wildman–Crippen MR) is 79.4 cm³/mol. The first kappa shape index (κ1) is 13.8. The Morgan fingerprint density at radius 1 is 1.28 bits per heavy atom. The van der Waals surface area contributed by atoms with Crippen LogP contribution >= 0.6 is 0 Å². The van der Waals surface area contributed by atoms with Crippen LogP contribution in [-0.2, 0) is 10.8 Å². The quantitative estimate of drug-likeness (QED) is 0.840. The average Bonchev–Trinajstić information content (AvgIpc) is 2.34. The van der Waals surface area contributed by atoms with E-state index in [-0.39, 0.29) is 0 Å². The maximum absolute atomic E-state index is 6.05. The van der Waals surface area contributed by atoms with Gasteiger partial charge in [0.1, 0.15) is 0 Å². The molecule has 1 heterocycles. The van der Waals surface area contributed by atoms with Crippen molar-refractivity contribution in [2.75, 3.05) is 6.61 Å². The lowest BCUT2D eigenvalue weighted by atomic mass is 9.89. The third-order valence-electron chi connectivity index (χ3n) is 3.46. The van der Waals surface area contributed by atoms with Gasteiger partial charge in [0.2, 0.25) is 0 Å². The maximum Gasteiger partial charge on any atom is 0.183 e. The minimum atomic E-state index is -1.40. The summed E-state index contributed by atoms with van der Waals surface area (Å²) >= 11 is 0. The van der Waals surface area contributed by atoms with Crippen LogP contribution in [0.15, 0.2) is 24.3 Å². The molecule has 0 spiro atoms. The second kappa shape index (κ2) is 5.55. The fourth-order valence-electron chi connectivity index (χ4n) is 2.55. The summed E-state index contributed by atoms with van der Waals surface area (Å²) in [4.78, 5) is 0. The van der Waals surface area contributed by atoms with Gasteiger partial charge in [0.25, 0.3) is 0 Å². The molecule has 0 bridgehead atoms. The molecule has 1 N–H and O–H groups in total. The summed E-state index contributed by atoms with van der Waals surface area (Å²) in [5, 5.41) is 3.73. The highest BCUT2D eigenvalue weighted by Crippen LogP contribution is 2.27. The number of rotatable bonds is 4. The second-order valence-corrected chi connectivity index (χ2v) is 10.7. The molecule has 1 aromatic rings. The Bertz CT molecular complexity index is 400. The molecule has 0 amide bonds. The van der Waals surface area contributed by atoms with Crippen LogP contribution in [0.3, 0.4) is 0 Å². The molecule has 0 aromatic heterocycles. The minimum absolute atomic E-state index is 0.469. The molecule has 2 nitrogen and oxygen atoms in total. The summed E-state index contributed by atoms with van der Waals surface area (Å²) in [5.74, 6) is 0. The van der Waals surface area contributed by atoms with Crippen LogP contribution in [0.2, 0.25) is 19.6 Å². The van der Waals surface area contributed by atoms with E-state index in [1.54, 1.807) is 0 Å². The SMILES string of the molecule is CC[C@H]1N[C@H](CO[Si](C)(C)C)Cc2ccccc21. The Morgan fingerprint density at radius 3 is 2.67 bits per heavy atom. The Kier molecular flexibility index (Phi) is 4.25. The fourth-order valence-corrected chi connectivity index (χ4v) is 3.26. The predicted octanol–water partition coefficient (Wildman–Crippen LogP) is 3.50. The van der Waals surface area contributed by atoms with Gasteiger partial charge >= 0.3 is 0 Å². The van der Waals surface area contributed by atoms with Gasteiger partial charge in [-0.1, -0.05) is 31.2 Å². The molecule has 0 saturated heterocycles. The van der Waals surface area contributed by atoms with E-state index in [2.05, 4.69) is 56.1 Å². The largest absolute Gasteiger partial charge is 0.416 e. The molecule has 0 saturated carbocycles. The van der Waals surface area contributed by atoms with E-state index >= 15 is 0 Å². The zero-order valence-corrected chi connectivity index (χ0v) is 13.0. The van der Waals surface area contributed by atoms with Gasteiger partial charge in [-0.05, 0) is 43.6 Å². The molecule has 1 aromatic carbocycles. The van der Waals surface area contributed by atoms with Crippen molar-refractivity contribution in [3.8, 4) is 0 Å². The van der Waals surface area contributed by atoms with Crippen molar-refractivity contribution >= 4 is 8.32 Å². The van der Waals surface area contributed by atoms with Crippen LogP contribution < -0.4 is 5.32 Å². The molecule has 18 heavy (non-hydrogen) atoms. The van der Waals surface area contributed by atoms with E-state index in [0.29, 0.717) is 12.1 Å². The molecular formula is C15H25NOSi. The maximum atomic E-state index is 6.05. The summed E-state index contributed by atoms with van der Waals surface area (Å²) in [6.45, 7) is 9.85. The summed E-state index contributed by atoms with van der Waals surface area (Å²) < 4.78 is 6.05. The van der Waals surface area contributed by atoms with E-state index in [9.17, 15) is 0 Å². The summed E-state index contributed by atoms with van der Waals surface area (Å²) in [6.07, 6.45) is 2.23. The first-order valence-corrected chi connectivity index (χ1v) is 10.4. The van der Waals surface area contributed by atoms with Gasteiger partial charge in [-0.2, -0.15) is 0 Å². The normalized spacial score (nSPS) is 23.8. The third-order valence-corrected chi connectivity index (χ3v) is 4.49. The van der Waals surface area contributed by atoms with Crippen LogP contribution in [0, 0.1) is 0 Å². The Labute approximate surface area is 112 Å². The Morgan fingerprint density at radius 2 is 2.00 bits per heavy atom. The molecule has 3 heteroatoms. The third kappa shape index (κ3) is 3.43. The van der Waals surface area contributed by atoms with Crippen molar-refractivity contribution in [3.05, 3.63) is 35.4 Å². The van der Waals surface area contributed by atoms with Crippen LogP contribution in [-0.4, -0.2) is 21.0 Å². The van der Waals surface area contributed by atoms with Crippen molar-refractivity contribution < 1.29 is 4.43 Å². The van der Waals surface area contributed by atoms with Gasteiger partial charge in [-0.3, -0.25) is 0 Å². The molecule has 0 aliphatic carbocycles. The van der Waals surface area contributed by atoms with E-state index in [1.165, 1.54) is 11.1 Å². The lowest BCUT2D eigenvalue weighted by Gasteiger charge is -2.34. The highest BCUT2D eigenvalue weighted by atomic mass is 28.4. The molecule has 1 aliphatic heterocycles. The van der Waals surface area contributed by atoms with Crippen molar-refractivity contribution in [1.29, 1.82) is 0 Å². The Balaban J connectivity index is 2.06. The zero-order valence-electron chi connectivity index (χ0n) is 12.0. The van der Waals surface area contributed by atoms with E-state index < -0.39 is 8.32 Å². The Hall–Kier alpha value is -0.643. The van der Waals surface area contributed by atoms with E-state index in [1.807, 2.05) is 0 Å². The first-order valence-electron chi connectivity index (χ1n) is 6.97. The van der Waals surface area contributed by atoms with Crippen LogP contribution in [0.5, 0.6) is 0 Å². The molecule has 100 valence electrons. The van der Waals surface area contributed by atoms with Crippen molar-refractivity contribution in [1.82, 2.24) is 5.32 Å². The molecule has 0 fully saturated rings. The number of hydrogen-bond donors (Lipinski definition) is 1. The molecule has 1 aliphatic rings. The van der Waals surface area contributed by atoms with Gasteiger partial charge in [-0.15, -0.1) is 0 Å². The van der Waals surface area contributed by atoms with Crippen LogP contribution in [0.4, 0.5) is 0 Å². The van der Waals surface area contributed by atoms with Gasteiger partial charge in [0.15, 0.2) is 8.32 Å². The van der Waals surface area contributed by atoms with E-state index in [4.69, 9.17) is 4.43 Å².